The lowest BCUT2D eigenvalue weighted by Gasteiger charge is -2.39. The number of ether oxygens (including phenoxy) is 1. The SMILES string of the molecule is CN1CCN(C(=O)Cn2cc(Nc3nc4c(N5C[C@H]6CC[C@@H](C5)C6OCc5cccc(C(=O)N(C)C)c5)cccn4n3)cn2)CC1. The molecule has 4 aromatic rings. The number of rotatable bonds is 9. The van der Waals surface area contributed by atoms with Crippen LogP contribution in [-0.2, 0) is 22.7 Å². The number of anilines is 3. The van der Waals surface area contributed by atoms with Crippen LogP contribution in [0.15, 0.2) is 55.0 Å². The van der Waals surface area contributed by atoms with Gasteiger partial charge in [0.05, 0.1) is 30.3 Å². The van der Waals surface area contributed by atoms with Crippen molar-refractivity contribution < 1.29 is 14.3 Å². The number of nitrogens with zero attached hydrogens (tertiary/aromatic N) is 9. The number of carbonyl (C=O) groups excluding carboxylic acids is 2. The smallest absolute Gasteiger partial charge is 0.253 e. The molecule has 13 nitrogen and oxygen atoms in total. The minimum Gasteiger partial charge on any atom is -0.373 e. The number of amides is 2. The fourth-order valence-corrected chi connectivity index (χ4v) is 7.02. The molecule has 3 aliphatic rings. The molecular weight excluding hydrogens is 584 g/mol. The maximum absolute atomic E-state index is 12.7. The summed E-state index contributed by atoms with van der Waals surface area (Å²) in [5.74, 6) is 1.40. The van der Waals surface area contributed by atoms with Gasteiger partial charge < -0.3 is 29.7 Å². The van der Waals surface area contributed by atoms with E-state index >= 15 is 0 Å². The molecule has 1 aliphatic carbocycles. The number of piperazine rings is 1. The maximum atomic E-state index is 12.7. The second-order valence-electron chi connectivity index (χ2n) is 13.0. The monoisotopic (exact) mass is 626 g/mol. The van der Waals surface area contributed by atoms with Gasteiger partial charge in [-0.05, 0) is 49.7 Å². The zero-order valence-corrected chi connectivity index (χ0v) is 26.7. The van der Waals surface area contributed by atoms with Crippen molar-refractivity contribution in [2.24, 2.45) is 11.8 Å². The van der Waals surface area contributed by atoms with Crippen LogP contribution in [0.25, 0.3) is 5.65 Å². The summed E-state index contributed by atoms with van der Waals surface area (Å²) in [7, 11) is 5.61. The lowest BCUT2D eigenvalue weighted by Crippen LogP contribution is -2.48. The predicted molar refractivity (Wildman–Crippen MR) is 174 cm³/mol. The molecule has 3 aromatic heterocycles. The Hall–Kier alpha value is -4.49. The van der Waals surface area contributed by atoms with Crippen molar-refractivity contribution in [3.8, 4) is 0 Å². The molecule has 242 valence electrons. The van der Waals surface area contributed by atoms with E-state index in [1.165, 1.54) is 0 Å². The molecule has 2 amide bonds. The molecule has 13 heteroatoms. The van der Waals surface area contributed by atoms with E-state index in [-0.39, 0.29) is 24.5 Å². The average Bonchev–Trinajstić information content (AvgIpc) is 3.74. The average molecular weight is 627 g/mol. The third kappa shape index (κ3) is 6.29. The van der Waals surface area contributed by atoms with Gasteiger partial charge in [0.25, 0.3) is 5.91 Å². The number of piperidine rings is 1. The van der Waals surface area contributed by atoms with Crippen LogP contribution in [0.4, 0.5) is 17.3 Å². The van der Waals surface area contributed by atoms with E-state index in [1.54, 1.807) is 29.9 Å². The Kier molecular flexibility index (Phi) is 8.34. The fraction of sp³-hybridized carbons (Fsp3) is 0.485. The summed E-state index contributed by atoms with van der Waals surface area (Å²) in [6.45, 7) is 5.77. The van der Waals surface area contributed by atoms with Crippen LogP contribution in [0.5, 0.6) is 0 Å². The summed E-state index contributed by atoms with van der Waals surface area (Å²) in [4.78, 5) is 38.2. The van der Waals surface area contributed by atoms with E-state index in [2.05, 4.69) is 38.4 Å². The van der Waals surface area contributed by atoms with Crippen LogP contribution in [-0.4, -0.2) is 117 Å². The molecular formula is C33H42N10O3. The van der Waals surface area contributed by atoms with Crippen molar-refractivity contribution in [2.75, 3.05) is 70.6 Å². The molecule has 46 heavy (non-hydrogen) atoms. The number of nitrogens with one attached hydrogen (secondary N) is 1. The summed E-state index contributed by atoms with van der Waals surface area (Å²) < 4.78 is 10.00. The first-order chi connectivity index (χ1) is 22.3. The normalized spacial score (nSPS) is 21.6. The number of pyridine rings is 1. The quantitative estimate of drug-likeness (QED) is 0.299. The standard InChI is InChI=1S/C33H42N10O3/c1-38(2)32(45)24-7-4-6-23(16-24)22-46-30-25-9-10-26(30)19-41(18-25)28-8-5-11-43-31(28)36-33(37-43)35-27-17-34-42(20-27)21-29(44)40-14-12-39(3)13-15-40/h4-8,11,16-17,20,25-26,30H,9-10,12-15,18-19,21-22H2,1-3H3,(H,35,37)/t25-,26+,30?. The molecule has 5 heterocycles. The molecule has 2 bridgehead atoms. The zero-order chi connectivity index (χ0) is 31.8. The minimum atomic E-state index is -0.000446. The van der Waals surface area contributed by atoms with Crippen molar-refractivity contribution in [3.05, 3.63) is 66.1 Å². The zero-order valence-electron chi connectivity index (χ0n) is 26.7. The Morgan fingerprint density at radius 2 is 1.83 bits per heavy atom. The maximum Gasteiger partial charge on any atom is 0.253 e. The van der Waals surface area contributed by atoms with Gasteiger partial charge in [0.1, 0.15) is 6.54 Å². The highest BCUT2D eigenvalue weighted by molar-refractivity contribution is 5.94. The summed E-state index contributed by atoms with van der Waals surface area (Å²) in [6.07, 6.45) is 7.89. The number of aromatic nitrogens is 5. The topological polar surface area (TPSA) is 116 Å². The van der Waals surface area contributed by atoms with Crippen LogP contribution in [0.2, 0.25) is 0 Å². The Morgan fingerprint density at radius 1 is 1.04 bits per heavy atom. The molecule has 1 aromatic carbocycles. The van der Waals surface area contributed by atoms with Crippen LogP contribution in [0.3, 0.4) is 0 Å². The van der Waals surface area contributed by atoms with Gasteiger partial charge in [0, 0.05) is 83.2 Å². The molecule has 3 fully saturated rings. The molecule has 0 spiro atoms. The Labute approximate surface area is 268 Å². The first-order valence-electron chi connectivity index (χ1n) is 16.1. The number of carbonyl (C=O) groups is 2. The van der Waals surface area contributed by atoms with Crippen LogP contribution >= 0.6 is 0 Å². The van der Waals surface area contributed by atoms with Gasteiger partial charge in [-0.2, -0.15) is 10.1 Å². The second kappa shape index (κ2) is 12.7. The third-order valence-electron chi connectivity index (χ3n) is 9.49. The molecule has 1 saturated carbocycles. The van der Waals surface area contributed by atoms with E-state index in [0.29, 0.717) is 30.0 Å². The van der Waals surface area contributed by atoms with Crippen LogP contribution in [0, 0.1) is 11.8 Å². The number of fused-ring (bicyclic) bond motifs is 3. The van der Waals surface area contributed by atoms with Gasteiger partial charge in [-0.3, -0.25) is 14.3 Å². The van der Waals surface area contributed by atoms with E-state index in [0.717, 1.165) is 74.7 Å². The molecule has 1 unspecified atom stereocenters. The van der Waals surface area contributed by atoms with Crippen LogP contribution < -0.4 is 10.2 Å². The van der Waals surface area contributed by atoms with Crippen molar-refractivity contribution >= 4 is 34.8 Å². The first-order valence-corrected chi connectivity index (χ1v) is 16.1. The minimum absolute atomic E-state index is 0.000446. The summed E-state index contributed by atoms with van der Waals surface area (Å²) >= 11 is 0. The van der Waals surface area contributed by atoms with E-state index in [9.17, 15) is 9.59 Å². The molecule has 2 saturated heterocycles. The van der Waals surface area contributed by atoms with Gasteiger partial charge in [-0.15, -0.1) is 5.10 Å². The molecule has 0 radical (unpaired) electrons. The second-order valence-corrected chi connectivity index (χ2v) is 13.0. The van der Waals surface area contributed by atoms with Gasteiger partial charge >= 0.3 is 0 Å². The highest BCUT2D eigenvalue weighted by Crippen LogP contribution is 2.41. The molecule has 1 N–H and O–H groups in total. The summed E-state index contributed by atoms with van der Waals surface area (Å²) in [5, 5.41) is 12.3. The van der Waals surface area contributed by atoms with Crippen molar-refractivity contribution in [1.29, 1.82) is 0 Å². The van der Waals surface area contributed by atoms with Gasteiger partial charge in [0.2, 0.25) is 11.9 Å². The lowest BCUT2D eigenvalue weighted by molar-refractivity contribution is -0.133. The van der Waals surface area contributed by atoms with Crippen molar-refractivity contribution in [3.63, 3.8) is 0 Å². The predicted octanol–water partition coefficient (Wildman–Crippen LogP) is 2.58. The van der Waals surface area contributed by atoms with E-state index in [4.69, 9.17) is 9.72 Å². The Morgan fingerprint density at radius 3 is 2.59 bits per heavy atom. The van der Waals surface area contributed by atoms with E-state index < -0.39 is 0 Å². The largest absolute Gasteiger partial charge is 0.373 e. The number of likely N-dealkylation sites (N-methyl/N-ethyl adjacent to an activating group) is 1. The van der Waals surface area contributed by atoms with Gasteiger partial charge in [-0.25, -0.2) is 4.52 Å². The molecule has 2 aliphatic heterocycles. The van der Waals surface area contributed by atoms with Crippen molar-refractivity contribution in [1.82, 2.24) is 39.1 Å². The number of hydrogen-bond acceptors (Lipinski definition) is 9. The van der Waals surface area contributed by atoms with Crippen molar-refractivity contribution in [2.45, 2.75) is 32.1 Å². The highest BCUT2D eigenvalue weighted by Gasteiger charge is 2.43. The molecule has 7 rings (SSSR count). The van der Waals surface area contributed by atoms with Gasteiger partial charge in [-0.1, -0.05) is 12.1 Å². The molecule has 3 atom stereocenters. The number of benzene rings is 1. The number of hydrogen-bond donors (Lipinski definition) is 1. The third-order valence-corrected chi connectivity index (χ3v) is 9.49. The Balaban J connectivity index is 0.984. The summed E-state index contributed by atoms with van der Waals surface area (Å²) in [5.41, 5.74) is 4.29. The summed E-state index contributed by atoms with van der Waals surface area (Å²) in [6, 6.07) is 11.9. The van der Waals surface area contributed by atoms with Crippen LogP contribution in [0.1, 0.15) is 28.8 Å². The van der Waals surface area contributed by atoms with E-state index in [1.807, 2.05) is 52.1 Å². The first kappa shape index (κ1) is 30.2. The Bertz CT molecular complexity index is 1690. The van der Waals surface area contributed by atoms with Gasteiger partial charge in [0.15, 0.2) is 5.65 Å². The lowest BCUT2D eigenvalue weighted by atomic mass is 9.94. The fourth-order valence-electron chi connectivity index (χ4n) is 7.02. The highest BCUT2D eigenvalue weighted by atomic mass is 16.5.